The number of aliphatic hydroxyl groups is 3. The predicted octanol–water partition coefficient (Wildman–Crippen LogP) is -1.74. The number of azide groups is 1. The number of carbonyl (C=O) groups excluding carboxylic acids is 1. The number of hydrogen-bond acceptors (Lipinski definition) is 7. The molecule has 1 amide bonds. The summed E-state index contributed by atoms with van der Waals surface area (Å²) in [6.45, 7) is 0.785. The Kier molecular flexibility index (Phi) is 6.65. The minimum atomic E-state index is -1.35. The average molecular weight is 290 g/mol. The van der Waals surface area contributed by atoms with Gasteiger partial charge in [0, 0.05) is 18.4 Å². The molecule has 0 spiro atoms. The minimum absolute atomic E-state index is 0.00573. The standard InChI is InChI=1S/C10H18N4O6/c1-5(16)13-7-9(18)8(17)6(4-15)20-10(7)19-3-2-12-14-11/h6-10,15,17-18H,2-4H2,1H3,(H,13,16)/t6-,7-,8+,9-,10+/m1/s1. The lowest BCUT2D eigenvalue weighted by atomic mass is 9.97. The third-order valence-corrected chi connectivity index (χ3v) is 2.79. The van der Waals surface area contributed by atoms with Gasteiger partial charge in [0.25, 0.3) is 0 Å². The predicted molar refractivity (Wildman–Crippen MR) is 65.3 cm³/mol. The van der Waals surface area contributed by atoms with E-state index in [0.717, 1.165) is 0 Å². The Morgan fingerprint density at radius 2 is 2.20 bits per heavy atom. The lowest BCUT2D eigenvalue weighted by molar-refractivity contribution is -0.269. The van der Waals surface area contributed by atoms with Crippen molar-refractivity contribution in [1.29, 1.82) is 0 Å². The van der Waals surface area contributed by atoms with Gasteiger partial charge in [0.05, 0.1) is 13.2 Å². The summed E-state index contributed by atoms with van der Waals surface area (Å²) in [5.41, 5.74) is 8.14. The van der Waals surface area contributed by atoms with Crippen LogP contribution in [0.15, 0.2) is 5.11 Å². The van der Waals surface area contributed by atoms with E-state index in [0.29, 0.717) is 0 Å². The second kappa shape index (κ2) is 8.00. The maximum absolute atomic E-state index is 11.1. The first kappa shape index (κ1) is 16.6. The third kappa shape index (κ3) is 4.30. The Morgan fingerprint density at radius 1 is 1.50 bits per heavy atom. The fourth-order valence-electron chi connectivity index (χ4n) is 1.87. The van der Waals surface area contributed by atoms with Gasteiger partial charge in [-0.15, -0.1) is 0 Å². The number of amides is 1. The van der Waals surface area contributed by atoms with Crippen LogP contribution < -0.4 is 5.32 Å². The van der Waals surface area contributed by atoms with Crippen molar-refractivity contribution in [2.24, 2.45) is 5.11 Å². The monoisotopic (exact) mass is 290 g/mol. The zero-order valence-electron chi connectivity index (χ0n) is 10.9. The zero-order chi connectivity index (χ0) is 15.1. The molecule has 0 unspecified atom stereocenters. The van der Waals surface area contributed by atoms with E-state index < -0.39 is 43.2 Å². The van der Waals surface area contributed by atoms with Crippen LogP contribution in [0.25, 0.3) is 10.4 Å². The van der Waals surface area contributed by atoms with Crippen molar-refractivity contribution in [2.45, 2.75) is 37.6 Å². The van der Waals surface area contributed by atoms with Crippen molar-refractivity contribution < 1.29 is 29.6 Å². The molecule has 0 radical (unpaired) electrons. The van der Waals surface area contributed by atoms with E-state index in [4.69, 9.17) is 20.1 Å². The fraction of sp³-hybridized carbons (Fsp3) is 0.900. The Hall–Kier alpha value is -1.42. The van der Waals surface area contributed by atoms with Crippen LogP contribution in [0.5, 0.6) is 0 Å². The van der Waals surface area contributed by atoms with Crippen LogP contribution in [0.4, 0.5) is 0 Å². The molecular formula is C10H18N4O6. The van der Waals surface area contributed by atoms with Crippen LogP contribution in [-0.4, -0.2) is 71.6 Å². The molecule has 10 heteroatoms. The molecule has 1 aliphatic heterocycles. The summed E-state index contributed by atoms with van der Waals surface area (Å²) < 4.78 is 10.5. The number of aliphatic hydroxyl groups excluding tert-OH is 3. The van der Waals surface area contributed by atoms with Gasteiger partial charge in [-0.25, -0.2) is 0 Å². The number of ether oxygens (including phenoxy) is 2. The van der Waals surface area contributed by atoms with Gasteiger partial charge in [-0.3, -0.25) is 4.79 Å². The first-order chi connectivity index (χ1) is 9.51. The molecule has 0 aromatic carbocycles. The number of hydrogen-bond donors (Lipinski definition) is 4. The Morgan fingerprint density at radius 3 is 2.75 bits per heavy atom. The first-order valence-corrected chi connectivity index (χ1v) is 6.03. The van der Waals surface area contributed by atoms with Crippen molar-refractivity contribution in [3.63, 3.8) is 0 Å². The second-order valence-electron chi connectivity index (χ2n) is 4.26. The van der Waals surface area contributed by atoms with Gasteiger partial charge in [-0.05, 0) is 5.53 Å². The van der Waals surface area contributed by atoms with Crippen LogP contribution >= 0.6 is 0 Å². The molecule has 0 aromatic heterocycles. The lowest BCUT2D eigenvalue weighted by Crippen LogP contribution is -2.64. The summed E-state index contributed by atoms with van der Waals surface area (Å²) in [6, 6.07) is -0.989. The molecule has 1 rings (SSSR count). The smallest absolute Gasteiger partial charge is 0.217 e. The highest BCUT2D eigenvalue weighted by Crippen LogP contribution is 2.22. The van der Waals surface area contributed by atoms with Gasteiger partial charge in [-0.2, -0.15) is 0 Å². The molecule has 0 saturated carbocycles. The second-order valence-corrected chi connectivity index (χ2v) is 4.26. The molecule has 1 saturated heterocycles. The molecule has 0 bridgehead atoms. The maximum Gasteiger partial charge on any atom is 0.217 e. The van der Waals surface area contributed by atoms with E-state index >= 15 is 0 Å². The van der Waals surface area contributed by atoms with E-state index in [1.54, 1.807) is 0 Å². The third-order valence-electron chi connectivity index (χ3n) is 2.79. The number of nitrogens with zero attached hydrogens (tertiary/aromatic N) is 3. The van der Waals surface area contributed by atoms with Crippen LogP contribution in [-0.2, 0) is 14.3 Å². The molecular weight excluding hydrogens is 272 g/mol. The van der Waals surface area contributed by atoms with Gasteiger partial charge >= 0.3 is 0 Å². The molecule has 0 aromatic rings. The molecule has 114 valence electrons. The van der Waals surface area contributed by atoms with Gasteiger partial charge in [0.15, 0.2) is 6.29 Å². The highest BCUT2D eigenvalue weighted by atomic mass is 16.7. The van der Waals surface area contributed by atoms with E-state index in [1.165, 1.54) is 6.92 Å². The van der Waals surface area contributed by atoms with Gasteiger partial charge in [0.1, 0.15) is 24.4 Å². The summed E-state index contributed by atoms with van der Waals surface area (Å²) in [5.74, 6) is -0.434. The van der Waals surface area contributed by atoms with Crippen LogP contribution in [0.2, 0.25) is 0 Å². The van der Waals surface area contributed by atoms with Crippen LogP contribution in [0, 0.1) is 0 Å². The van der Waals surface area contributed by atoms with Crippen LogP contribution in [0.1, 0.15) is 6.92 Å². The normalized spacial score (nSPS) is 33.3. The molecule has 0 aliphatic carbocycles. The summed E-state index contributed by atoms with van der Waals surface area (Å²) in [4.78, 5) is 13.7. The highest BCUT2D eigenvalue weighted by Gasteiger charge is 2.45. The van der Waals surface area contributed by atoms with Gasteiger partial charge in [0.2, 0.25) is 5.91 Å². The van der Waals surface area contributed by atoms with Gasteiger partial charge in [-0.1, -0.05) is 5.11 Å². The summed E-state index contributed by atoms with van der Waals surface area (Å²) in [6.07, 6.45) is -4.80. The largest absolute Gasteiger partial charge is 0.394 e. The Bertz CT molecular complexity index is 375. The van der Waals surface area contributed by atoms with Crippen molar-refractivity contribution >= 4 is 5.91 Å². The van der Waals surface area contributed by atoms with Crippen molar-refractivity contribution in [2.75, 3.05) is 19.8 Å². The average Bonchev–Trinajstić information content (AvgIpc) is 2.41. The van der Waals surface area contributed by atoms with E-state index in [2.05, 4.69) is 15.3 Å². The topological polar surface area (TPSA) is 157 Å². The van der Waals surface area contributed by atoms with E-state index in [-0.39, 0.29) is 13.2 Å². The zero-order valence-corrected chi connectivity index (χ0v) is 10.9. The quantitative estimate of drug-likeness (QED) is 0.197. The van der Waals surface area contributed by atoms with Crippen molar-refractivity contribution in [3.8, 4) is 0 Å². The molecule has 4 N–H and O–H groups in total. The molecule has 1 fully saturated rings. The highest BCUT2D eigenvalue weighted by molar-refractivity contribution is 5.73. The minimum Gasteiger partial charge on any atom is -0.394 e. The molecule has 1 aliphatic rings. The molecule has 20 heavy (non-hydrogen) atoms. The molecule has 10 nitrogen and oxygen atoms in total. The van der Waals surface area contributed by atoms with E-state index in [9.17, 15) is 15.0 Å². The van der Waals surface area contributed by atoms with Crippen molar-refractivity contribution in [3.05, 3.63) is 10.4 Å². The SMILES string of the molecule is CC(=O)N[C@H]1[C@@H](OCCN=[N+]=[N-])O[C@H](CO)[C@H](O)[C@@H]1O. The Balaban J connectivity index is 2.72. The van der Waals surface area contributed by atoms with Gasteiger partial charge < -0.3 is 30.1 Å². The summed E-state index contributed by atoms with van der Waals surface area (Å²) in [5, 5.41) is 34.4. The number of carbonyl (C=O) groups is 1. The maximum atomic E-state index is 11.1. The van der Waals surface area contributed by atoms with E-state index in [1.807, 2.05) is 0 Å². The lowest BCUT2D eigenvalue weighted by Gasteiger charge is -2.42. The summed E-state index contributed by atoms with van der Waals surface area (Å²) in [7, 11) is 0. The first-order valence-electron chi connectivity index (χ1n) is 6.03. The number of rotatable bonds is 6. The van der Waals surface area contributed by atoms with Crippen molar-refractivity contribution in [1.82, 2.24) is 5.32 Å². The fourth-order valence-corrected chi connectivity index (χ4v) is 1.87. The summed E-state index contributed by atoms with van der Waals surface area (Å²) >= 11 is 0. The van der Waals surface area contributed by atoms with Crippen LogP contribution in [0.3, 0.4) is 0 Å². The molecule has 1 heterocycles. The molecule has 5 atom stereocenters. The number of nitrogens with one attached hydrogen (secondary N) is 1. The Labute approximate surface area is 114 Å².